The van der Waals surface area contributed by atoms with Gasteiger partial charge in [0.15, 0.2) is 5.60 Å². The van der Waals surface area contributed by atoms with E-state index in [2.05, 4.69) is 23.6 Å². The third-order valence-electron chi connectivity index (χ3n) is 7.72. The van der Waals surface area contributed by atoms with Crippen LogP contribution in [-0.4, -0.2) is 60.1 Å². The summed E-state index contributed by atoms with van der Waals surface area (Å²) in [6, 6.07) is 19.0. The number of rotatable bonds is 3. The van der Waals surface area contributed by atoms with Crippen LogP contribution in [0.1, 0.15) is 45.1 Å². The highest BCUT2D eigenvalue weighted by Gasteiger charge is 2.52. The van der Waals surface area contributed by atoms with Crippen molar-refractivity contribution in [3.05, 3.63) is 106 Å². The molecule has 0 bridgehead atoms. The molecule has 2 N–H and O–H groups in total. The van der Waals surface area contributed by atoms with Crippen molar-refractivity contribution in [1.82, 2.24) is 4.90 Å². The minimum absolute atomic E-state index is 0.00719. The van der Waals surface area contributed by atoms with E-state index in [1.54, 1.807) is 25.1 Å². The highest BCUT2D eigenvalue weighted by atomic mass is 16.6. The standard InChI is InChI=1S/C29H27BN2O5/c1-18(2)27(33)32-13-11-31(12-14-32)22-8-10-25-20(17-22)15-19-16-21(30(35)36)7-9-24(19)29(25)26-6-4-3-5-23(26)28(34)37-29/h3-10,16-17,35-36H,1,11-15H2,2H3. The van der Waals surface area contributed by atoms with Gasteiger partial charge in [0.2, 0.25) is 5.91 Å². The molecule has 37 heavy (non-hydrogen) atoms. The molecule has 3 aromatic carbocycles. The van der Waals surface area contributed by atoms with Crippen molar-refractivity contribution in [2.24, 2.45) is 0 Å². The zero-order chi connectivity index (χ0) is 25.9. The van der Waals surface area contributed by atoms with Gasteiger partial charge in [0.1, 0.15) is 0 Å². The van der Waals surface area contributed by atoms with Gasteiger partial charge in [-0.25, -0.2) is 4.79 Å². The van der Waals surface area contributed by atoms with Crippen LogP contribution in [0.4, 0.5) is 5.69 Å². The summed E-state index contributed by atoms with van der Waals surface area (Å²) >= 11 is 0. The number of carbonyl (C=O) groups is 2. The first-order chi connectivity index (χ1) is 17.8. The van der Waals surface area contributed by atoms with Crippen LogP contribution in [0.25, 0.3) is 0 Å². The third-order valence-corrected chi connectivity index (χ3v) is 7.72. The van der Waals surface area contributed by atoms with E-state index in [4.69, 9.17) is 4.74 Å². The van der Waals surface area contributed by atoms with Gasteiger partial charge >= 0.3 is 13.1 Å². The Bertz CT molecular complexity index is 1460. The van der Waals surface area contributed by atoms with E-state index >= 15 is 0 Å². The Morgan fingerprint density at radius 2 is 1.62 bits per heavy atom. The number of amides is 1. The second-order valence-corrected chi connectivity index (χ2v) is 9.98. The Morgan fingerprint density at radius 3 is 2.32 bits per heavy atom. The number of carbonyl (C=O) groups excluding carboxylic acids is 2. The van der Waals surface area contributed by atoms with Gasteiger partial charge in [0, 0.05) is 54.1 Å². The topological polar surface area (TPSA) is 90.3 Å². The van der Waals surface area contributed by atoms with Crippen LogP contribution in [0.15, 0.2) is 72.8 Å². The molecule has 8 heteroatoms. The lowest BCUT2D eigenvalue weighted by atomic mass is 9.68. The monoisotopic (exact) mass is 494 g/mol. The number of esters is 1. The van der Waals surface area contributed by atoms with Gasteiger partial charge in [-0.05, 0) is 48.1 Å². The SMILES string of the molecule is C=C(C)C(=O)N1CCN(c2ccc3c(c2)Cc2cc(B(O)O)ccc2C32OC(=O)c3ccccc32)CC1. The predicted molar refractivity (Wildman–Crippen MR) is 141 cm³/mol. The summed E-state index contributed by atoms with van der Waals surface area (Å²) in [5, 5.41) is 19.6. The largest absolute Gasteiger partial charge is 0.488 e. The van der Waals surface area contributed by atoms with E-state index in [0.29, 0.717) is 49.2 Å². The Hall–Kier alpha value is -3.88. The van der Waals surface area contributed by atoms with Crippen molar-refractivity contribution in [3.8, 4) is 0 Å². The maximum atomic E-state index is 13.0. The zero-order valence-corrected chi connectivity index (χ0v) is 20.6. The molecule has 1 unspecified atom stereocenters. The molecule has 1 atom stereocenters. The van der Waals surface area contributed by atoms with Gasteiger partial charge < -0.3 is 24.6 Å². The molecule has 1 spiro atoms. The molecule has 0 radical (unpaired) electrons. The van der Waals surface area contributed by atoms with Gasteiger partial charge in [-0.3, -0.25) is 4.79 Å². The number of fused-ring (bicyclic) bond motifs is 6. The summed E-state index contributed by atoms with van der Waals surface area (Å²) in [6.45, 7) is 8.17. The molecular formula is C29H27BN2O5. The smallest absolute Gasteiger partial charge is 0.441 e. The van der Waals surface area contributed by atoms with E-state index < -0.39 is 12.7 Å². The van der Waals surface area contributed by atoms with Crippen LogP contribution in [0, 0.1) is 0 Å². The second kappa shape index (κ2) is 8.61. The van der Waals surface area contributed by atoms with E-state index in [-0.39, 0.29) is 11.9 Å². The predicted octanol–water partition coefficient (Wildman–Crippen LogP) is 1.96. The number of nitrogens with zero attached hydrogens (tertiary/aromatic N) is 2. The van der Waals surface area contributed by atoms with Crippen molar-refractivity contribution in [2.45, 2.75) is 18.9 Å². The Labute approximate surface area is 215 Å². The first-order valence-electron chi connectivity index (χ1n) is 12.4. The summed E-state index contributed by atoms with van der Waals surface area (Å²) in [4.78, 5) is 29.4. The first kappa shape index (κ1) is 23.5. The summed E-state index contributed by atoms with van der Waals surface area (Å²) in [6.07, 6.45) is 0.564. The highest BCUT2D eigenvalue weighted by molar-refractivity contribution is 6.58. The van der Waals surface area contributed by atoms with E-state index in [1.807, 2.05) is 35.2 Å². The highest BCUT2D eigenvalue weighted by Crippen LogP contribution is 2.52. The number of hydrogen-bond acceptors (Lipinski definition) is 6. The number of anilines is 1. The van der Waals surface area contributed by atoms with Gasteiger partial charge in [-0.15, -0.1) is 0 Å². The quantitative estimate of drug-likeness (QED) is 0.329. The van der Waals surface area contributed by atoms with Crippen molar-refractivity contribution in [3.63, 3.8) is 0 Å². The fraction of sp³-hybridized carbons (Fsp3) is 0.241. The number of piperazine rings is 1. The van der Waals surface area contributed by atoms with Crippen LogP contribution in [0.5, 0.6) is 0 Å². The molecule has 3 aromatic rings. The van der Waals surface area contributed by atoms with Crippen LogP contribution < -0.4 is 10.4 Å². The Kier molecular flexibility index (Phi) is 5.47. The lowest BCUT2D eigenvalue weighted by Crippen LogP contribution is -2.49. The minimum Gasteiger partial charge on any atom is -0.441 e. The maximum Gasteiger partial charge on any atom is 0.488 e. The van der Waals surface area contributed by atoms with Crippen molar-refractivity contribution < 1.29 is 24.4 Å². The van der Waals surface area contributed by atoms with Crippen LogP contribution in [0.2, 0.25) is 0 Å². The van der Waals surface area contributed by atoms with E-state index in [1.165, 1.54) is 0 Å². The number of hydrogen-bond donors (Lipinski definition) is 2. The molecule has 6 rings (SSSR count). The lowest BCUT2D eigenvalue weighted by molar-refractivity contribution is -0.127. The fourth-order valence-corrected chi connectivity index (χ4v) is 5.94. The molecule has 2 aliphatic heterocycles. The molecule has 7 nitrogen and oxygen atoms in total. The molecule has 0 saturated carbocycles. The third kappa shape index (κ3) is 3.59. The molecule has 1 amide bonds. The molecule has 0 aromatic heterocycles. The van der Waals surface area contributed by atoms with Crippen LogP contribution >= 0.6 is 0 Å². The lowest BCUT2D eigenvalue weighted by Gasteiger charge is -2.39. The summed E-state index contributed by atoms with van der Waals surface area (Å²) in [5.41, 5.74) is 5.86. The van der Waals surface area contributed by atoms with Crippen LogP contribution in [0.3, 0.4) is 0 Å². The van der Waals surface area contributed by atoms with E-state index in [9.17, 15) is 19.6 Å². The first-order valence-corrected chi connectivity index (χ1v) is 12.4. The number of ether oxygens (including phenoxy) is 1. The van der Waals surface area contributed by atoms with Gasteiger partial charge in [0.05, 0.1) is 5.56 Å². The molecule has 2 heterocycles. The van der Waals surface area contributed by atoms with Crippen molar-refractivity contribution >= 4 is 30.1 Å². The van der Waals surface area contributed by atoms with Crippen LogP contribution in [-0.2, 0) is 21.6 Å². The molecule has 1 saturated heterocycles. The van der Waals surface area contributed by atoms with E-state index in [0.717, 1.165) is 33.5 Å². The van der Waals surface area contributed by atoms with Gasteiger partial charge in [-0.2, -0.15) is 0 Å². The van der Waals surface area contributed by atoms with Gasteiger partial charge in [-0.1, -0.05) is 49.0 Å². The summed E-state index contributed by atoms with van der Waals surface area (Å²) in [5.74, 6) is -0.379. The average molecular weight is 494 g/mol. The molecular weight excluding hydrogens is 467 g/mol. The normalized spacial score (nSPS) is 19.7. The molecule has 1 aliphatic carbocycles. The molecule has 1 fully saturated rings. The Morgan fingerprint density at radius 1 is 0.946 bits per heavy atom. The Balaban J connectivity index is 1.43. The average Bonchev–Trinajstić information content (AvgIpc) is 3.20. The number of benzene rings is 3. The maximum absolute atomic E-state index is 13.0. The van der Waals surface area contributed by atoms with Gasteiger partial charge in [0.25, 0.3) is 0 Å². The van der Waals surface area contributed by atoms with Crippen molar-refractivity contribution in [1.29, 1.82) is 0 Å². The second-order valence-electron chi connectivity index (χ2n) is 9.98. The zero-order valence-electron chi connectivity index (χ0n) is 20.6. The summed E-state index contributed by atoms with van der Waals surface area (Å²) < 4.78 is 6.23. The summed E-state index contributed by atoms with van der Waals surface area (Å²) in [7, 11) is -1.59. The molecule has 186 valence electrons. The van der Waals surface area contributed by atoms with Crippen molar-refractivity contribution in [2.75, 3.05) is 31.1 Å². The fourth-order valence-electron chi connectivity index (χ4n) is 5.94. The minimum atomic E-state index is -1.59. The molecule has 3 aliphatic rings.